The molecular formula is C8H11N5O5. The summed E-state index contributed by atoms with van der Waals surface area (Å²) in [6.07, 6.45) is 1.80. The van der Waals surface area contributed by atoms with Gasteiger partial charge in [-0.15, -0.1) is 0 Å². The maximum Gasteiger partial charge on any atom is 0.508 e. The maximum atomic E-state index is 10.8. The fourth-order valence-electron chi connectivity index (χ4n) is 2.11. The molecule has 98 valence electrons. The Labute approximate surface area is 101 Å². The minimum Gasteiger partial charge on any atom is -0.390 e. The van der Waals surface area contributed by atoms with Gasteiger partial charge in [-0.25, -0.2) is 0 Å². The number of aliphatic hydroxyl groups excluding tert-OH is 1. The lowest BCUT2D eigenvalue weighted by Gasteiger charge is -2.23. The molecule has 0 bridgehead atoms. The van der Waals surface area contributed by atoms with Gasteiger partial charge in [0.25, 0.3) is 0 Å². The van der Waals surface area contributed by atoms with Crippen LogP contribution in [0.15, 0.2) is 0 Å². The number of hydrogen-bond acceptors (Lipinski definition) is 7. The van der Waals surface area contributed by atoms with E-state index < -0.39 is 33.9 Å². The average molecular weight is 257 g/mol. The smallest absolute Gasteiger partial charge is 0.390 e. The molecule has 1 aliphatic rings. The summed E-state index contributed by atoms with van der Waals surface area (Å²) < 4.78 is 0.863. The van der Waals surface area contributed by atoms with Crippen LogP contribution in [-0.4, -0.2) is 35.8 Å². The fourth-order valence-corrected chi connectivity index (χ4v) is 2.11. The molecule has 1 aliphatic carbocycles. The van der Waals surface area contributed by atoms with Gasteiger partial charge in [-0.3, -0.25) is 0 Å². The van der Waals surface area contributed by atoms with Gasteiger partial charge in [-0.05, 0) is 29.1 Å². The van der Waals surface area contributed by atoms with Crippen molar-refractivity contribution in [3.63, 3.8) is 0 Å². The molecule has 1 heterocycles. The van der Waals surface area contributed by atoms with E-state index in [1.165, 1.54) is 0 Å². The third kappa shape index (κ3) is 2.14. The molecule has 0 saturated heterocycles. The van der Waals surface area contributed by atoms with Crippen LogP contribution in [0, 0.1) is 20.2 Å². The molecule has 0 aliphatic heterocycles. The Morgan fingerprint density at radius 1 is 1.22 bits per heavy atom. The zero-order valence-electron chi connectivity index (χ0n) is 9.30. The summed E-state index contributed by atoms with van der Waals surface area (Å²) in [5.41, 5.74) is 0. The van der Waals surface area contributed by atoms with Crippen molar-refractivity contribution in [2.24, 2.45) is 0 Å². The molecule has 1 saturated carbocycles. The van der Waals surface area contributed by atoms with Gasteiger partial charge in [0.05, 0.1) is 11.2 Å². The summed E-state index contributed by atoms with van der Waals surface area (Å²) in [6, 6.07) is -0.625. The van der Waals surface area contributed by atoms with E-state index in [1.807, 2.05) is 0 Å². The van der Waals surface area contributed by atoms with Crippen LogP contribution in [0.25, 0.3) is 0 Å². The predicted octanol–water partition coefficient (Wildman–Crippen LogP) is 0.570. The van der Waals surface area contributed by atoms with Gasteiger partial charge in [0, 0.05) is 4.98 Å². The van der Waals surface area contributed by atoms with Gasteiger partial charge >= 0.3 is 11.9 Å². The Morgan fingerprint density at radius 2 is 1.89 bits per heavy atom. The molecule has 2 atom stereocenters. The number of aliphatic hydroxyl groups is 1. The highest BCUT2D eigenvalue weighted by molar-refractivity contribution is 5.15. The topological polar surface area (TPSA) is 137 Å². The second-order valence-corrected chi connectivity index (χ2v) is 4.09. The van der Waals surface area contributed by atoms with Gasteiger partial charge in [0.1, 0.15) is 6.04 Å². The lowest BCUT2D eigenvalue weighted by atomic mass is 9.93. The normalized spacial score (nSPS) is 23.8. The first-order valence-corrected chi connectivity index (χ1v) is 5.44. The Hall–Kier alpha value is -2.10. The Balaban J connectivity index is 2.41. The lowest BCUT2D eigenvalue weighted by Crippen LogP contribution is -2.29. The Bertz CT molecular complexity index is 486. The van der Waals surface area contributed by atoms with E-state index in [0.717, 1.165) is 17.5 Å². The monoisotopic (exact) mass is 257 g/mol. The molecule has 0 amide bonds. The minimum absolute atomic E-state index is 0.489. The molecular weight excluding hydrogens is 246 g/mol. The predicted molar refractivity (Wildman–Crippen MR) is 56.8 cm³/mol. The largest absolute Gasteiger partial charge is 0.508 e. The summed E-state index contributed by atoms with van der Waals surface area (Å²) in [5, 5.41) is 34.6. The van der Waals surface area contributed by atoms with E-state index in [-0.39, 0.29) is 0 Å². The van der Waals surface area contributed by atoms with Crippen LogP contribution in [0.3, 0.4) is 0 Å². The van der Waals surface area contributed by atoms with E-state index in [0.29, 0.717) is 12.8 Å². The summed E-state index contributed by atoms with van der Waals surface area (Å²) in [6.45, 7) is 0. The van der Waals surface area contributed by atoms with Gasteiger partial charge in [0.15, 0.2) is 0 Å². The van der Waals surface area contributed by atoms with Crippen LogP contribution >= 0.6 is 0 Å². The standard InChI is InChI=1S/C8H11N5O5/c14-6-4-2-1-3-5(6)11-8(13(17)18)9-7(10-11)12(15)16/h5-6,14H,1-4H2/t5-,6-/m1/s1. The van der Waals surface area contributed by atoms with E-state index in [4.69, 9.17) is 0 Å². The summed E-state index contributed by atoms with van der Waals surface area (Å²) in [7, 11) is 0. The van der Waals surface area contributed by atoms with Crippen LogP contribution in [0.5, 0.6) is 0 Å². The molecule has 0 spiro atoms. The van der Waals surface area contributed by atoms with E-state index in [1.54, 1.807) is 0 Å². The van der Waals surface area contributed by atoms with Crippen molar-refractivity contribution in [2.75, 3.05) is 0 Å². The van der Waals surface area contributed by atoms with Crippen molar-refractivity contribution in [3.05, 3.63) is 20.2 Å². The van der Waals surface area contributed by atoms with Crippen LogP contribution in [0.1, 0.15) is 31.7 Å². The first-order valence-electron chi connectivity index (χ1n) is 5.44. The lowest BCUT2D eigenvalue weighted by molar-refractivity contribution is -0.404. The summed E-state index contributed by atoms with van der Waals surface area (Å²) >= 11 is 0. The van der Waals surface area contributed by atoms with E-state index in [2.05, 4.69) is 10.1 Å². The number of hydrogen-bond donors (Lipinski definition) is 1. The molecule has 1 fully saturated rings. The molecule has 1 N–H and O–H groups in total. The van der Waals surface area contributed by atoms with Gasteiger partial charge < -0.3 is 25.3 Å². The maximum absolute atomic E-state index is 10.8. The van der Waals surface area contributed by atoms with Crippen molar-refractivity contribution in [1.82, 2.24) is 14.8 Å². The van der Waals surface area contributed by atoms with E-state index in [9.17, 15) is 25.3 Å². The van der Waals surface area contributed by atoms with Crippen molar-refractivity contribution in [1.29, 1.82) is 0 Å². The molecule has 18 heavy (non-hydrogen) atoms. The Morgan fingerprint density at radius 3 is 2.44 bits per heavy atom. The zero-order valence-corrected chi connectivity index (χ0v) is 9.30. The molecule has 10 heteroatoms. The minimum atomic E-state index is -0.890. The first-order chi connectivity index (χ1) is 8.50. The number of aromatic nitrogens is 3. The number of rotatable bonds is 3. The SMILES string of the molecule is O=[N+]([O-])c1nc([N+](=O)[O-])n([C@@H]2CCCC[C@H]2O)n1. The quantitative estimate of drug-likeness (QED) is 0.616. The van der Waals surface area contributed by atoms with Gasteiger partial charge in [-0.1, -0.05) is 11.1 Å². The molecule has 2 rings (SSSR count). The van der Waals surface area contributed by atoms with Gasteiger partial charge in [0.2, 0.25) is 0 Å². The fraction of sp³-hybridized carbons (Fsp3) is 0.750. The highest BCUT2D eigenvalue weighted by atomic mass is 16.6. The number of nitro groups is 2. The number of nitrogens with zero attached hydrogens (tertiary/aromatic N) is 5. The molecule has 1 aromatic heterocycles. The van der Waals surface area contributed by atoms with Crippen LogP contribution in [0.4, 0.5) is 11.9 Å². The van der Waals surface area contributed by atoms with Crippen LogP contribution < -0.4 is 0 Å². The highest BCUT2D eigenvalue weighted by Gasteiger charge is 2.38. The molecule has 0 radical (unpaired) electrons. The zero-order chi connectivity index (χ0) is 13.3. The van der Waals surface area contributed by atoms with Crippen molar-refractivity contribution < 1.29 is 15.0 Å². The molecule has 0 unspecified atom stereocenters. The van der Waals surface area contributed by atoms with Crippen LogP contribution in [-0.2, 0) is 0 Å². The third-order valence-electron chi connectivity index (χ3n) is 2.94. The molecule has 1 aromatic rings. The van der Waals surface area contributed by atoms with E-state index >= 15 is 0 Å². The second kappa shape index (κ2) is 4.64. The van der Waals surface area contributed by atoms with Gasteiger partial charge in [-0.2, -0.15) is 0 Å². The molecule has 10 nitrogen and oxygen atoms in total. The summed E-state index contributed by atoms with van der Waals surface area (Å²) in [4.78, 5) is 22.9. The third-order valence-corrected chi connectivity index (χ3v) is 2.94. The van der Waals surface area contributed by atoms with Crippen molar-refractivity contribution in [3.8, 4) is 0 Å². The summed E-state index contributed by atoms with van der Waals surface area (Å²) in [5.74, 6) is -1.52. The average Bonchev–Trinajstić information content (AvgIpc) is 2.74. The van der Waals surface area contributed by atoms with Crippen LogP contribution in [0.2, 0.25) is 0 Å². The first kappa shape index (κ1) is 12.4. The second-order valence-electron chi connectivity index (χ2n) is 4.09. The highest BCUT2D eigenvalue weighted by Crippen LogP contribution is 2.31. The molecule has 0 aromatic carbocycles. The van der Waals surface area contributed by atoms with Crippen molar-refractivity contribution >= 4 is 11.9 Å². The Kier molecular flexibility index (Phi) is 3.19. The van der Waals surface area contributed by atoms with Crippen molar-refractivity contribution in [2.45, 2.75) is 37.8 Å².